The van der Waals surface area contributed by atoms with Gasteiger partial charge in [0.2, 0.25) is 0 Å². The van der Waals surface area contributed by atoms with Gasteiger partial charge < -0.3 is 15.1 Å². The van der Waals surface area contributed by atoms with Crippen molar-refractivity contribution >= 4 is 17.3 Å². The minimum absolute atomic E-state index is 0.249. The quantitative estimate of drug-likeness (QED) is 0.572. The predicted molar refractivity (Wildman–Crippen MR) is 109 cm³/mol. The molecule has 0 saturated carbocycles. The summed E-state index contributed by atoms with van der Waals surface area (Å²) in [4.78, 5) is 6.89. The molecule has 2 atom stereocenters. The number of furan rings is 1. The van der Waals surface area contributed by atoms with Crippen LogP contribution in [0.1, 0.15) is 48.8 Å². The Hall–Kier alpha value is -1.79. The summed E-state index contributed by atoms with van der Waals surface area (Å²) >= 11 is 1.75. The number of aryl methyl sites for hydroxylation is 1. The summed E-state index contributed by atoms with van der Waals surface area (Å²) in [5.74, 6) is 3.32. The summed E-state index contributed by atoms with van der Waals surface area (Å²) in [6.45, 7) is 8.16. The van der Waals surface area contributed by atoms with Gasteiger partial charge in [0.1, 0.15) is 11.5 Å². The number of aliphatic imine (C=N–C) groups is 1. The molecule has 2 N–H and O–H groups in total. The number of nitrogens with one attached hydrogen (secondary N) is 2. The van der Waals surface area contributed by atoms with Crippen LogP contribution in [0, 0.1) is 6.92 Å². The Balaban J connectivity index is 1.56. The van der Waals surface area contributed by atoms with Crippen LogP contribution in [0.25, 0.3) is 0 Å². The fraction of sp³-hybridized carbons (Fsp3) is 0.550. The molecule has 2 aromatic heterocycles. The fourth-order valence-corrected chi connectivity index (χ4v) is 4.21. The van der Waals surface area contributed by atoms with Gasteiger partial charge in [0.15, 0.2) is 5.96 Å². The molecule has 0 aromatic carbocycles. The van der Waals surface area contributed by atoms with E-state index in [2.05, 4.69) is 50.3 Å². The molecule has 0 amide bonds. The highest BCUT2D eigenvalue weighted by atomic mass is 32.1. The van der Waals surface area contributed by atoms with E-state index in [1.807, 2.05) is 20.0 Å². The van der Waals surface area contributed by atoms with E-state index < -0.39 is 0 Å². The second kappa shape index (κ2) is 9.24. The Bertz CT molecular complexity index is 688. The Morgan fingerprint density at radius 1 is 1.23 bits per heavy atom. The Labute approximate surface area is 160 Å². The fourth-order valence-electron chi connectivity index (χ4n) is 3.43. The number of hydrogen-bond donors (Lipinski definition) is 2. The highest BCUT2D eigenvalue weighted by Crippen LogP contribution is 2.26. The first-order chi connectivity index (χ1) is 12.7. The summed E-state index contributed by atoms with van der Waals surface area (Å²) < 4.78 is 5.93. The lowest BCUT2D eigenvalue weighted by Gasteiger charge is -2.27. The lowest BCUT2D eigenvalue weighted by molar-refractivity contribution is 0.213. The van der Waals surface area contributed by atoms with Crippen molar-refractivity contribution in [1.82, 2.24) is 15.5 Å². The number of rotatable bonds is 7. The molecule has 1 saturated heterocycles. The van der Waals surface area contributed by atoms with Crippen LogP contribution < -0.4 is 10.6 Å². The highest BCUT2D eigenvalue weighted by Gasteiger charge is 2.26. The second-order valence-electron chi connectivity index (χ2n) is 7.00. The molecule has 2 unspecified atom stereocenters. The van der Waals surface area contributed by atoms with Crippen molar-refractivity contribution in [3.05, 3.63) is 46.0 Å². The van der Waals surface area contributed by atoms with Crippen molar-refractivity contribution in [2.45, 2.75) is 38.6 Å². The van der Waals surface area contributed by atoms with Crippen LogP contribution >= 0.6 is 11.3 Å². The third-order valence-corrected chi connectivity index (χ3v) is 5.75. The maximum Gasteiger partial charge on any atom is 0.191 e. The smallest absolute Gasteiger partial charge is 0.191 e. The van der Waals surface area contributed by atoms with E-state index in [0.29, 0.717) is 5.92 Å². The highest BCUT2D eigenvalue weighted by molar-refractivity contribution is 7.07. The molecule has 0 spiro atoms. The molecular formula is C20H30N4OS. The van der Waals surface area contributed by atoms with E-state index in [9.17, 15) is 0 Å². The van der Waals surface area contributed by atoms with Crippen molar-refractivity contribution in [2.24, 2.45) is 4.99 Å². The molecule has 1 aliphatic rings. The van der Waals surface area contributed by atoms with Crippen molar-refractivity contribution < 1.29 is 4.42 Å². The topological polar surface area (TPSA) is 52.8 Å². The molecular weight excluding hydrogens is 344 g/mol. The van der Waals surface area contributed by atoms with Crippen LogP contribution in [0.5, 0.6) is 0 Å². The van der Waals surface area contributed by atoms with E-state index in [1.165, 1.54) is 18.4 Å². The van der Waals surface area contributed by atoms with E-state index >= 15 is 0 Å². The zero-order chi connectivity index (χ0) is 18.4. The predicted octanol–water partition coefficient (Wildman–Crippen LogP) is 3.76. The first-order valence-electron chi connectivity index (χ1n) is 9.44. The van der Waals surface area contributed by atoms with Crippen LogP contribution in [0.3, 0.4) is 0 Å². The van der Waals surface area contributed by atoms with Gasteiger partial charge >= 0.3 is 0 Å². The number of nitrogens with zero attached hydrogens (tertiary/aromatic N) is 2. The van der Waals surface area contributed by atoms with E-state index in [0.717, 1.165) is 43.7 Å². The second-order valence-corrected chi connectivity index (χ2v) is 7.78. The normalized spacial score (nSPS) is 18.0. The van der Waals surface area contributed by atoms with Gasteiger partial charge in [-0.1, -0.05) is 6.92 Å². The van der Waals surface area contributed by atoms with Crippen LogP contribution in [0.2, 0.25) is 0 Å². The van der Waals surface area contributed by atoms with Gasteiger partial charge in [-0.2, -0.15) is 11.3 Å². The molecule has 2 aromatic rings. The van der Waals surface area contributed by atoms with Gasteiger partial charge in [-0.15, -0.1) is 0 Å². The van der Waals surface area contributed by atoms with Gasteiger partial charge in [-0.05, 0) is 73.3 Å². The van der Waals surface area contributed by atoms with Gasteiger partial charge in [0.05, 0.1) is 6.04 Å². The lowest BCUT2D eigenvalue weighted by Crippen LogP contribution is -2.43. The maximum atomic E-state index is 5.93. The van der Waals surface area contributed by atoms with Crippen LogP contribution in [0.15, 0.2) is 38.4 Å². The van der Waals surface area contributed by atoms with Crippen molar-refractivity contribution in [3.63, 3.8) is 0 Å². The standard InChI is InChI=1S/C20H30N4OS/c1-15(17-8-11-26-14-17)12-22-20(21-3)23-13-18(24-9-4-5-10-24)19-7-6-16(2)25-19/h6-8,11,14-15,18H,4-5,9-10,12-13H2,1-3H3,(H2,21,22,23). The average molecular weight is 375 g/mol. The average Bonchev–Trinajstić information content (AvgIpc) is 3.40. The molecule has 142 valence electrons. The molecule has 1 fully saturated rings. The van der Waals surface area contributed by atoms with Crippen molar-refractivity contribution in [1.29, 1.82) is 0 Å². The van der Waals surface area contributed by atoms with Crippen LogP contribution in [0.4, 0.5) is 0 Å². The molecule has 6 heteroatoms. The molecule has 5 nitrogen and oxygen atoms in total. The first kappa shape index (κ1) is 19.0. The molecule has 0 bridgehead atoms. The molecule has 3 heterocycles. The van der Waals surface area contributed by atoms with Crippen LogP contribution in [-0.4, -0.2) is 44.1 Å². The summed E-state index contributed by atoms with van der Waals surface area (Å²) in [6.07, 6.45) is 2.53. The molecule has 0 radical (unpaired) electrons. The van der Waals surface area contributed by atoms with Gasteiger partial charge in [-0.3, -0.25) is 9.89 Å². The monoisotopic (exact) mass is 374 g/mol. The summed E-state index contributed by atoms with van der Waals surface area (Å²) in [5, 5.41) is 11.3. The Kier molecular flexibility index (Phi) is 6.74. The zero-order valence-electron chi connectivity index (χ0n) is 16.0. The van der Waals surface area contributed by atoms with E-state index in [4.69, 9.17) is 4.42 Å². The van der Waals surface area contributed by atoms with Gasteiger partial charge in [0, 0.05) is 20.1 Å². The summed E-state index contributed by atoms with van der Waals surface area (Å²) in [7, 11) is 1.83. The SMILES string of the molecule is CN=C(NCC(C)c1ccsc1)NCC(c1ccc(C)o1)N1CCCC1. The maximum absolute atomic E-state index is 5.93. The zero-order valence-corrected chi connectivity index (χ0v) is 16.8. The molecule has 3 rings (SSSR count). The minimum Gasteiger partial charge on any atom is -0.465 e. The summed E-state index contributed by atoms with van der Waals surface area (Å²) in [6, 6.07) is 6.60. The molecule has 0 aliphatic carbocycles. The van der Waals surface area contributed by atoms with Gasteiger partial charge in [0.25, 0.3) is 0 Å². The van der Waals surface area contributed by atoms with Crippen LogP contribution in [-0.2, 0) is 0 Å². The number of thiophene rings is 1. The number of hydrogen-bond acceptors (Lipinski definition) is 4. The Morgan fingerprint density at radius 3 is 2.62 bits per heavy atom. The summed E-state index contributed by atoms with van der Waals surface area (Å²) in [5.41, 5.74) is 1.37. The molecule has 1 aliphatic heterocycles. The number of guanidine groups is 1. The number of likely N-dealkylation sites (tertiary alicyclic amines) is 1. The van der Waals surface area contributed by atoms with E-state index in [1.54, 1.807) is 11.3 Å². The first-order valence-corrected chi connectivity index (χ1v) is 10.4. The largest absolute Gasteiger partial charge is 0.465 e. The third kappa shape index (κ3) is 4.89. The van der Waals surface area contributed by atoms with Gasteiger partial charge in [-0.25, -0.2) is 0 Å². The third-order valence-electron chi connectivity index (χ3n) is 5.05. The van der Waals surface area contributed by atoms with E-state index in [-0.39, 0.29) is 6.04 Å². The lowest BCUT2D eigenvalue weighted by atomic mass is 10.1. The Morgan fingerprint density at radius 2 is 2.00 bits per heavy atom. The minimum atomic E-state index is 0.249. The molecule has 26 heavy (non-hydrogen) atoms. The van der Waals surface area contributed by atoms with Crippen molar-refractivity contribution in [3.8, 4) is 0 Å². The van der Waals surface area contributed by atoms with Crippen molar-refractivity contribution in [2.75, 3.05) is 33.2 Å².